The fraction of sp³-hybridized carbons (Fsp3) is 0.333. The van der Waals surface area contributed by atoms with E-state index in [9.17, 15) is 4.79 Å². The molecule has 2 aliphatic rings. The number of carbonyl (C=O) groups is 1. The Balaban J connectivity index is 1.98. The molecule has 82 valence electrons. The lowest BCUT2D eigenvalue weighted by Gasteiger charge is -2.10. The Bertz CT molecular complexity index is 461. The minimum Gasteiger partial charge on any atom is -0.320 e. The number of hydrogen-bond acceptors (Lipinski definition) is 3. The summed E-state index contributed by atoms with van der Waals surface area (Å²) < 4.78 is 0. The molecule has 16 heavy (non-hydrogen) atoms. The van der Waals surface area contributed by atoms with E-state index in [2.05, 4.69) is 10.4 Å². The average molecular weight is 215 g/mol. The molecule has 0 aliphatic carbocycles. The van der Waals surface area contributed by atoms with Gasteiger partial charge in [-0.3, -0.25) is 9.80 Å². The van der Waals surface area contributed by atoms with Crippen LogP contribution in [-0.2, 0) is 4.79 Å². The molecule has 4 nitrogen and oxygen atoms in total. The van der Waals surface area contributed by atoms with Crippen LogP contribution >= 0.6 is 0 Å². The van der Waals surface area contributed by atoms with Crippen LogP contribution < -0.4 is 5.32 Å². The van der Waals surface area contributed by atoms with Crippen molar-refractivity contribution >= 4 is 17.3 Å². The fourth-order valence-corrected chi connectivity index (χ4v) is 2.14. The Kier molecular flexibility index (Phi) is 2.13. The molecule has 0 saturated carbocycles. The summed E-state index contributed by atoms with van der Waals surface area (Å²) in [6.07, 6.45) is 2.33. The van der Waals surface area contributed by atoms with Gasteiger partial charge in [0.25, 0.3) is 5.91 Å². The highest BCUT2D eigenvalue weighted by Gasteiger charge is 2.26. The van der Waals surface area contributed by atoms with E-state index in [4.69, 9.17) is 0 Å². The number of para-hydroxylation sites is 1. The zero-order chi connectivity index (χ0) is 11.0. The van der Waals surface area contributed by atoms with E-state index < -0.39 is 0 Å². The Hall–Kier alpha value is -1.84. The van der Waals surface area contributed by atoms with Crippen molar-refractivity contribution in [3.8, 4) is 0 Å². The van der Waals surface area contributed by atoms with Gasteiger partial charge in [0.05, 0.1) is 5.69 Å². The van der Waals surface area contributed by atoms with Gasteiger partial charge in [0, 0.05) is 18.7 Å². The first-order valence-corrected chi connectivity index (χ1v) is 5.59. The second-order valence-corrected chi connectivity index (χ2v) is 4.11. The van der Waals surface area contributed by atoms with E-state index in [-0.39, 0.29) is 5.91 Å². The number of carbonyl (C=O) groups excluding carboxylic acids is 1. The van der Waals surface area contributed by atoms with Crippen molar-refractivity contribution in [3.05, 3.63) is 29.8 Å². The normalized spacial score (nSPS) is 21.4. The zero-order valence-electron chi connectivity index (χ0n) is 8.94. The topological polar surface area (TPSA) is 44.7 Å². The lowest BCUT2D eigenvalue weighted by Crippen LogP contribution is -2.21. The first kappa shape index (κ1) is 9.39. The van der Waals surface area contributed by atoms with Crippen LogP contribution in [0.5, 0.6) is 0 Å². The second kappa shape index (κ2) is 3.63. The van der Waals surface area contributed by atoms with E-state index in [0.717, 1.165) is 24.3 Å². The SMILES string of the molecule is O=C1Nc2ccccc2/C1=N/N1CCCC1. The number of anilines is 1. The monoisotopic (exact) mass is 215 g/mol. The molecule has 0 bridgehead atoms. The fourth-order valence-electron chi connectivity index (χ4n) is 2.14. The van der Waals surface area contributed by atoms with Crippen molar-refractivity contribution < 1.29 is 4.79 Å². The Morgan fingerprint density at radius 3 is 2.75 bits per heavy atom. The minimum absolute atomic E-state index is 0.0897. The van der Waals surface area contributed by atoms with Gasteiger partial charge in [-0.25, -0.2) is 0 Å². The largest absolute Gasteiger partial charge is 0.320 e. The van der Waals surface area contributed by atoms with Crippen LogP contribution in [0.4, 0.5) is 5.69 Å². The molecule has 0 spiro atoms. The molecule has 1 saturated heterocycles. The standard InChI is InChI=1S/C12H13N3O/c16-12-11(14-15-7-3-4-8-15)9-5-1-2-6-10(9)13-12/h1-2,5-6H,3-4,7-8H2,(H,13,14,16). The van der Waals surface area contributed by atoms with Crippen LogP contribution in [0.1, 0.15) is 18.4 Å². The van der Waals surface area contributed by atoms with Crippen molar-refractivity contribution in [1.82, 2.24) is 5.01 Å². The number of hydrogen-bond donors (Lipinski definition) is 1. The summed E-state index contributed by atoms with van der Waals surface area (Å²) in [5.41, 5.74) is 2.34. The maximum atomic E-state index is 11.8. The van der Waals surface area contributed by atoms with Gasteiger partial charge in [0.2, 0.25) is 0 Å². The second-order valence-electron chi connectivity index (χ2n) is 4.11. The predicted octanol–water partition coefficient (Wildman–Crippen LogP) is 1.44. The first-order chi connectivity index (χ1) is 7.84. The predicted molar refractivity (Wildman–Crippen MR) is 62.4 cm³/mol. The van der Waals surface area contributed by atoms with Crippen molar-refractivity contribution in [2.75, 3.05) is 18.4 Å². The summed E-state index contributed by atoms with van der Waals surface area (Å²) in [7, 11) is 0. The molecule has 0 aromatic heterocycles. The Morgan fingerprint density at radius 2 is 1.94 bits per heavy atom. The summed E-state index contributed by atoms with van der Waals surface area (Å²) in [6, 6.07) is 7.68. The average Bonchev–Trinajstić information content (AvgIpc) is 2.89. The van der Waals surface area contributed by atoms with Crippen LogP contribution in [0.25, 0.3) is 0 Å². The highest BCUT2D eigenvalue weighted by molar-refractivity contribution is 6.53. The quantitative estimate of drug-likeness (QED) is 0.770. The molecule has 2 heterocycles. The molecule has 2 aliphatic heterocycles. The number of nitrogens with one attached hydrogen (secondary N) is 1. The van der Waals surface area contributed by atoms with Crippen LogP contribution in [0.15, 0.2) is 29.4 Å². The third-order valence-corrected chi connectivity index (χ3v) is 2.97. The van der Waals surface area contributed by atoms with Gasteiger partial charge in [0.1, 0.15) is 0 Å². The van der Waals surface area contributed by atoms with Crippen LogP contribution in [0, 0.1) is 0 Å². The molecule has 0 unspecified atom stereocenters. The van der Waals surface area contributed by atoms with Gasteiger partial charge in [-0.05, 0) is 18.9 Å². The van der Waals surface area contributed by atoms with Gasteiger partial charge in [-0.1, -0.05) is 18.2 Å². The molecule has 1 fully saturated rings. The zero-order valence-corrected chi connectivity index (χ0v) is 8.94. The highest BCUT2D eigenvalue weighted by Crippen LogP contribution is 2.23. The third kappa shape index (κ3) is 1.46. The summed E-state index contributed by atoms with van der Waals surface area (Å²) in [4.78, 5) is 11.8. The number of amides is 1. The van der Waals surface area contributed by atoms with Crippen LogP contribution in [-0.4, -0.2) is 29.7 Å². The van der Waals surface area contributed by atoms with E-state index in [1.807, 2.05) is 29.3 Å². The number of rotatable bonds is 1. The molecule has 1 N–H and O–H groups in total. The molecule has 4 heteroatoms. The molecule has 1 amide bonds. The van der Waals surface area contributed by atoms with Gasteiger partial charge >= 0.3 is 0 Å². The highest BCUT2D eigenvalue weighted by atomic mass is 16.2. The van der Waals surface area contributed by atoms with E-state index in [1.54, 1.807) is 0 Å². The summed E-state index contributed by atoms with van der Waals surface area (Å²) >= 11 is 0. The first-order valence-electron chi connectivity index (χ1n) is 5.59. The van der Waals surface area contributed by atoms with E-state index in [0.29, 0.717) is 5.71 Å². The summed E-state index contributed by atoms with van der Waals surface area (Å²) in [5, 5.41) is 9.24. The summed E-state index contributed by atoms with van der Waals surface area (Å²) in [5.74, 6) is -0.0897. The summed E-state index contributed by atoms with van der Waals surface area (Å²) in [6.45, 7) is 1.91. The molecular weight excluding hydrogens is 202 g/mol. The van der Waals surface area contributed by atoms with Gasteiger partial charge in [0.15, 0.2) is 5.71 Å². The molecular formula is C12H13N3O. The van der Waals surface area contributed by atoms with Crippen molar-refractivity contribution in [1.29, 1.82) is 0 Å². The molecule has 1 aromatic carbocycles. The number of benzene rings is 1. The van der Waals surface area contributed by atoms with E-state index >= 15 is 0 Å². The van der Waals surface area contributed by atoms with Crippen LogP contribution in [0.2, 0.25) is 0 Å². The Morgan fingerprint density at radius 1 is 1.19 bits per heavy atom. The van der Waals surface area contributed by atoms with E-state index in [1.165, 1.54) is 12.8 Å². The molecule has 0 atom stereocenters. The molecule has 0 radical (unpaired) electrons. The minimum atomic E-state index is -0.0897. The van der Waals surface area contributed by atoms with Crippen LogP contribution in [0.3, 0.4) is 0 Å². The number of hydrazone groups is 1. The molecule has 3 rings (SSSR count). The van der Waals surface area contributed by atoms with Crippen molar-refractivity contribution in [2.45, 2.75) is 12.8 Å². The number of fused-ring (bicyclic) bond motifs is 1. The number of nitrogens with zero attached hydrogens (tertiary/aromatic N) is 2. The van der Waals surface area contributed by atoms with Crippen molar-refractivity contribution in [3.63, 3.8) is 0 Å². The Labute approximate surface area is 93.9 Å². The maximum Gasteiger partial charge on any atom is 0.276 e. The van der Waals surface area contributed by atoms with Crippen molar-refractivity contribution in [2.24, 2.45) is 5.10 Å². The van der Waals surface area contributed by atoms with Gasteiger partial charge in [-0.2, -0.15) is 5.10 Å². The molecule has 1 aromatic rings. The van der Waals surface area contributed by atoms with Gasteiger partial charge in [-0.15, -0.1) is 0 Å². The third-order valence-electron chi connectivity index (χ3n) is 2.97. The lowest BCUT2D eigenvalue weighted by atomic mass is 10.1. The maximum absolute atomic E-state index is 11.8. The van der Waals surface area contributed by atoms with Gasteiger partial charge < -0.3 is 5.32 Å². The lowest BCUT2D eigenvalue weighted by molar-refractivity contribution is -0.110. The smallest absolute Gasteiger partial charge is 0.276 e.